The summed E-state index contributed by atoms with van der Waals surface area (Å²) in [6.45, 7) is 0. The van der Waals surface area contributed by atoms with E-state index in [1.807, 2.05) is 0 Å². The van der Waals surface area contributed by atoms with Crippen LogP contribution in [0.3, 0.4) is 0 Å². The van der Waals surface area contributed by atoms with Crippen LogP contribution >= 0.6 is 27.3 Å². The normalized spacial score (nSPS) is 15.4. The van der Waals surface area contributed by atoms with Crippen molar-refractivity contribution in [2.45, 2.75) is 18.4 Å². The van der Waals surface area contributed by atoms with E-state index in [1.54, 1.807) is 0 Å². The number of thiophene rings is 1. The van der Waals surface area contributed by atoms with Crippen molar-refractivity contribution in [3.05, 3.63) is 20.8 Å². The summed E-state index contributed by atoms with van der Waals surface area (Å²) in [5.74, 6) is -3.56. The average molecular weight is 342 g/mol. The molecule has 0 radical (unpaired) electrons. The maximum absolute atomic E-state index is 12.4. The maximum Gasteiger partial charge on any atom is 0.402 e. The average Bonchev–Trinajstić information content (AvgIpc) is 2.45. The van der Waals surface area contributed by atoms with Crippen molar-refractivity contribution in [3.63, 3.8) is 0 Å². The predicted molar refractivity (Wildman–Crippen MR) is 54.5 cm³/mol. The fourth-order valence-corrected chi connectivity index (χ4v) is 2.73. The third-order valence-corrected chi connectivity index (χ3v) is 3.71. The Balaban J connectivity index is 3.08. The van der Waals surface area contributed by atoms with E-state index in [0.717, 1.165) is 17.4 Å². The molecule has 1 heterocycles. The first kappa shape index (κ1) is 14.8. The largest absolute Gasteiger partial charge is 0.402 e. The van der Waals surface area contributed by atoms with Gasteiger partial charge in [0.25, 0.3) is 0 Å². The zero-order valence-electron chi connectivity index (χ0n) is 7.94. The van der Waals surface area contributed by atoms with Crippen LogP contribution < -0.4 is 5.73 Å². The Labute approximate surface area is 105 Å². The molecule has 2 N–H and O–H groups in total. The van der Waals surface area contributed by atoms with Gasteiger partial charge in [-0.1, -0.05) is 0 Å². The van der Waals surface area contributed by atoms with E-state index in [1.165, 1.54) is 6.07 Å². The van der Waals surface area contributed by atoms with Crippen LogP contribution in [-0.2, 0) is 0 Å². The number of nitrogens with two attached hydrogens (primary N) is 1. The highest BCUT2D eigenvalue weighted by molar-refractivity contribution is 9.11. The number of hydrogen-bond acceptors (Lipinski definition) is 2. The summed E-state index contributed by atoms with van der Waals surface area (Å²) < 4.78 is 74.5. The van der Waals surface area contributed by atoms with Crippen LogP contribution in [0.1, 0.15) is 10.9 Å². The minimum Gasteiger partial charge on any atom is -0.322 e. The third kappa shape index (κ3) is 3.59. The van der Waals surface area contributed by atoms with Gasteiger partial charge in [0.2, 0.25) is 0 Å². The molecule has 0 saturated heterocycles. The van der Waals surface area contributed by atoms with Gasteiger partial charge in [-0.05, 0) is 28.1 Å². The Bertz CT molecular complexity index is 370. The Morgan fingerprint density at radius 2 is 1.53 bits per heavy atom. The molecule has 1 aromatic heterocycles. The second-order valence-corrected chi connectivity index (χ2v) is 5.72. The molecule has 1 unspecified atom stereocenters. The molecule has 0 aliphatic heterocycles. The third-order valence-electron chi connectivity index (χ3n) is 1.99. The van der Waals surface area contributed by atoms with Crippen molar-refractivity contribution in [3.8, 4) is 0 Å². The summed E-state index contributed by atoms with van der Waals surface area (Å²) >= 11 is 3.70. The van der Waals surface area contributed by atoms with Crippen LogP contribution in [0.25, 0.3) is 0 Å². The van der Waals surface area contributed by atoms with Crippen molar-refractivity contribution in [1.82, 2.24) is 0 Å². The van der Waals surface area contributed by atoms with Crippen LogP contribution in [0.15, 0.2) is 15.9 Å². The van der Waals surface area contributed by atoms with Crippen LogP contribution in [-0.4, -0.2) is 12.4 Å². The second kappa shape index (κ2) is 4.77. The minimum atomic E-state index is -5.42. The number of alkyl halides is 6. The van der Waals surface area contributed by atoms with Crippen LogP contribution in [0.4, 0.5) is 26.3 Å². The summed E-state index contributed by atoms with van der Waals surface area (Å²) in [5.41, 5.74) is 5.07. The molecule has 1 atom stereocenters. The molecule has 0 aliphatic rings. The summed E-state index contributed by atoms with van der Waals surface area (Å²) in [7, 11) is 0. The van der Waals surface area contributed by atoms with Gasteiger partial charge in [0, 0.05) is 4.88 Å². The highest BCUT2D eigenvalue weighted by Gasteiger charge is 2.59. The molecule has 0 saturated carbocycles. The van der Waals surface area contributed by atoms with Crippen LogP contribution in [0, 0.1) is 5.92 Å². The van der Waals surface area contributed by atoms with Crippen molar-refractivity contribution in [2.24, 2.45) is 11.7 Å². The molecule has 0 fully saturated rings. The lowest BCUT2D eigenvalue weighted by Crippen LogP contribution is -2.43. The fourth-order valence-electron chi connectivity index (χ4n) is 1.26. The van der Waals surface area contributed by atoms with Crippen molar-refractivity contribution in [1.29, 1.82) is 0 Å². The molecular weight excluding hydrogens is 336 g/mol. The smallest absolute Gasteiger partial charge is 0.322 e. The first-order chi connectivity index (χ1) is 7.53. The van der Waals surface area contributed by atoms with Gasteiger partial charge in [0.05, 0.1) is 9.83 Å². The lowest BCUT2D eigenvalue weighted by Gasteiger charge is -2.27. The molecule has 0 aliphatic carbocycles. The molecule has 0 spiro atoms. The fraction of sp³-hybridized carbons (Fsp3) is 0.500. The number of halogens is 7. The molecule has 0 bridgehead atoms. The molecule has 17 heavy (non-hydrogen) atoms. The van der Waals surface area contributed by atoms with Crippen molar-refractivity contribution in [2.75, 3.05) is 0 Å². The first-order valence-electron chi connectivity index (χ1n) is 4.17. The van der Waals surface area contributed by atoms with Gasteiger partial charge in [0.15, 0.2) is 5.92 Å². The second-order valence-electron chi connectivity index (χ2n) is 3.23. The number of hydrogen-bond donors (Lipinski definition) is 1. The van der Waals surface area contributed by atoms with E-state index in [0.29, 0.717) is 3.79 Å². The van der Waals surface area contributed by atoms with E-state index >= 15 is 0 Å². The monoisotopic (exact) mass is 341 g/mol. The van der Waals surface area contributed by atoms with Crippen LogP contribution in [0.5, 0.6) is 0 Å². The molecule has 0 aromatic carbocycles. The van der Waals surface area contributed by atoms with E-state index in [9.17, 15) is 26.3 Å². The molecular formula is C8H6BrF6NS. The highest BCUT2D eigenvalue weighted by Crippen LogP contribution is 2.46. The molecule has 0 amide bonds. The van der Waals surface area contributed by atoms with Crippen molar-refractivity contribution < 1.29 is 26.3 Å². The van der Waals surface area contributed by atoms with E-state index in [2.05, 4.69) is 15.9 Å². The Morgan fingerprint density at radius 1 is 1.06 bits per heavy atom. The maximum atomic E-state index is 12.4. The summed E-state index contributed by atoms with van der Waals surface area (Å²) in [4.78, 5) is -0.170. The summed E-state index contributed by atoms with van der Waals surface area (Å²) in [6, 6.07) is 0.347. The van der Waals surface area contributed by atoms with Gasteiger partial charge in [-0.2, -0.15) is 26.3 Å². The molecule has 98 valence electrons. The SMILES string of the molecule is NC(c1ccc(Br)s1)C(C(F)(F)F)C(F)(F)F. The molecule has 9 heteroatoms. The lowest BCUT2D eigenvalue weighted by molar-refractivity contribution is -0.290. The van der Waals surface area contributed by atoms with Crippen molar-refractivity contribution >= 4 is 27.3 Å². The van der Waals surface area contributed by atoms with Gasteiger partial charge in [0.1, 0.15) is 0 Å². The molecule has 1 rings (SSSR count). The van der Waals surface area contributed by atoms with Gasteiger partial charge in [-0.15, -0.1) is 11.3 Å². The highest BCUT2D eigenvalue weighted by atomic mass is 79.9. The Morgan fingerprint density at radius 3 is 1.82 bits per heavy atom. The quantitative estimate of drug-likeness (QED) is 0.799. The van der Waals surface area contributed by atoms with E-state index in [4.69, 9.17) is 5.73 Å². The standard InChI is InChI=1S/C8H6BrF6NS/c9-4-2-1-3(17-4)5(16)6(7(10,11)12)8(13,14)15/h1-2,5-6H,16H2. The van der Waals surface area contributed by atoms with Crippen LogP contribution in [0.2, 0.25) is 0 Å². The van der Waals surface area contributed by atoms with Gasteiger partial charge in [-0.25, -0.2) is 0 Å². The van der Waals surface area contributed by atoms with E-state index < -0.39 is 24.3 Å². The van der Waals surface area contributed by atoms with Gasteiger partial charge in [-0.3, -0.25) is 0 Å². The predicted octanol–water partition coefficient (Wildman–Crippen LogP) is 4.25. The lowest BCUT2D eigenvalue weighted by atomic mass is 9.98. The topological polar surface area (TPSA) is 26.0 Å². The summed E-state index contributed by atoms with van der Waals surface area (Å²) in [5, 5.41) is 0. The molecule has 1 nitrogen and oxygen atoms in total. The minimum absolute atomic E-state index is 0.170. The van der Waals surface area contributed by atoms with Gasteiger partial charge >= 0.3 is 12.4 Å². The Hall–Kier alpha value is -0.280. The zero-order chi connectivity index (χ0) is 13.4. The molecule has 1 aromatic rings. The number of rotatable bonds is 2. The zero-order valence-corrected chi connectivity index (χ0v) is 10.3. The summed E-state index contributed by atoms with van der Waals surface area (Å²) in [6.07, 6.45) is -10.8. The van der Waals surface area contributed by atoms with Gasteiger partial charge < -0.3 is 5.73 Å². The first-order valence-corrected chi connectivity index (χ1v) is 5.78. The van der Waals surface area contributed by atoms with E-state index in [-0.39, 0.29) is 4.88 Å². The Kier molecular flexibility index (Phi) is 4.15.